The molecule has 4 heteroatoms. The highest BCUT2D eigenvalue weighted by Gasteiger charge is 2.28. The fourth-order valence-corrected chi connectivity index (χ4v) is 4.08. The Hall–Kier alpha value is -1.78. The number of aryl methyl sites for hydroxylation is 1. The maximum Gasteiger partial charge on any atom is 0.143 e. The van der Waals surface area contributed by atoms with E-state index in [-0.39, 0.29) is 0 Å². The van der Waals surface area contributed by atoms with E-state index in [1.807, 2.05) is 6.07 Å². The molecule has 4 nitrogen and oxygen atoms in total. The minimum atomic E-state index is 0.742. The number of rotatable bonds is 3. The Bertz CT molecular complexity index is 685. The molecule has 0 N–H and O–H groups in total. The van der Waals surface area contributed by atoms with Gasteiger partial charge in [0.2, 0.25) is 0 Å². The van der Waals surface area contributed by atoms with E-state index in [0.29, 0.717) is 0 Å². The highest BCUT2D eigenvalue weighted by atomic mass is 15.3. The number of aromatic nitrogens is 2. The minimum absolute atomic E-state index is 0.742. The van der Waals surface area contributed by atoms with Crippen molar-refractivity contribution in [2.45, 2.75) is 38.8 Å². The smallest absolute Gasteiger partial charge is 0.143 e. The molecular weight excluding hydrogens is 296 g/mol. The van der Waals surface area contributed by atoms with E-state index in [2.05, 4.69) is 47.1 Å². The van der Waals surface area contributed by atoms with Crippen LogP contribution < -0.4 is 0 Å². The van der Waals surface area contributed by atoms with Crippen LogP contribution in [0.3, 0.4) is 0 Å². The van der Waals surface area contributed by atoms with Crippen molar-refractivity contribution in [1.29, 1.82) is 0 Å². The molecule has 0 aliphatic carbocycles. The van der Waals surface area contributed by atoms with Crippen molar-refractivity contribution in [2.24, 2.45) is 0 Å². The van der Waals surface area contributed by atoms with E-state index in [0.717, 1.165) is 42.9 Å². The van der Waals surface area contributed by atoms with Gasteiger partial charge in [-0.05, 0) is 51.9 Å². The molecular formula is C20H26N4. The summed E-state index contributed by atoms with van der Waals surface area (Å²) < 4.78 is 0. The number of nitrogens with zero attached hydrogens (tertiary/aromatic N) is 4. The second-order valence-electron chi connectivity index (χ2n) is 7.10. The summed E-state index contributed by atoms with van der Waals surface area (Å²) >= 11 is 0. The lowest BCUT2D eigenvalue weighted by Gasteiger charge is -2.25. The number of benzene rings is 1. The lowest BCUT2D eigenvalue weighted by molar-refractivity contribution is 0.212. The monoisotopic (exact) mass is 322 g/mol. The normalized spacial score (nSPS) is 22.3. The van der Waals surface area contributed by atoms with Crippen molar-refractivity contribution in [3.63, 3.8) is 0 Å². The van der Waals surface area contributed by atoms with Crippen molar-refractivity contribution < 1.29 is 0 Å². The molecule has 126 valence electrons. The molecule has 1 aromatic carbocycles. The van der Waals surface area contributed by atoms with Crippen LogP contribution in [-0.2, 0) is 6.54 Å². The fraction of sp³-hybridized carbons (Fsp3) is 0.500. The molecule has 3 heterocycles. The average Bonchev–Trinajstić information content (AvgIpc) is 2.94. The van der Waals surface area contributed by atoms with Gasteiger partial charge in [-0.1, -0.05) is 30.3 Å². The van der Waals surface area contributed by atoms with Gasteiger partial charge in [0.15, 0.2) is 0 Å². The van der Waals surface area contributed by atoms with Gasteiger partial charge >= 0.3 is 0 Å². The van der Waals surface area contributed by atoms with E-state index < -0.39 is 0 Å². The third-order valence-corrected chi connectivity index (χ3v) is 5.22. The molecule has 0 radical (unpaired) electrons. The maximum atomic E-state index is 4.85. The molecule has 2 aromatic rings. The quantitative estimate of drug-likeness (QED) is 0.869. The van der Waals surface area contributed by atoms with Crippen LogP contribution in [0.2, 0.25) is 0 Å². The zero-order valence-electron chi connectivity index (χ0n) is 14.5. The highest BCUT2D eigenvalue weighted by molar-refractivity contribution is 5.58. The maximum absolute atomic E-state index is 4.85. The van der Waals surface area contributed by atoms with E-state index in [4.69, 9.17) is 9.97 Å². The van der Waals surface area contributed by atoms with Crippen LogP contribution >= 0.6 is 0 Å². The Labute approximate surface area is 144 Å². The highest BCUT2D eigenvalue weighted by Crippen LogP contribution is 2.23. The van der Waals surface area contributed by atoms with Gasteiger partial charge in [0.05, 0.1) is 12.2 Å². The number of hydrogen-bond acceptors (Lipinski definition) is 4. The topological polar surface area (TPSA) is 32.3 Å². The molecule has 24 heavy (non-hydrogen) atoms. The minimum Gasteiger partial charge on any atom is -0.299 e. The summed E-state index contributed by atoms with van der Waals surface area (Å²) in [5, 5.41) is 0. The van der Waals surface area contributed by atoms with Gasteiger partial charge < -0.3 is 0 Å². The Balaban J connectivity index is 1.53. The van der Waals surface area contributed by atoms with Crippen LogP contribution in [-0.4, -0.2) is 52.0 Å². The predicted octanol–water partition coefficient (Wildman–Crippen LogP) is 3.12. The predicted molar refractivity (Wildman–Crippen MR) is 96.7 cm³/mol. The Morgan fingerprint density at radius 3 is 2.75 bits per heavy atom. The molecule has 2 fully saturated rings. The summed E-state index contributed by atoms with van der Waals surface area (Å²) in [4.78, 5) is 14.8. The fourth-order valence-electron chi connectivity index (χ4n) is 4.08. The van der Waals surface area contributed by atoms with Gasteiger partial charge in [-0.3, -0.25) is 9.80 Å². The summed E-state index contributed by atoms with van der Waals surface area (Å²) in [6.45, 7) is 7.80. The van der Waals surface area contributed by atoms with Crippen molar-refractivity contribution >= 4 is 0 Å². The molecule has 1 aromatic heterocycles. The average molecular weight is 322 g/mol. The molecule has 2 aliphatic rings. The van der Waals surface area contributed by atoms with Crippen LogP contribution in [0.4, 0.5) is 0 Å². The van der Waals surface area contributed by atoms with E-state index in [1.165, 1.54) is 37.9 Å². The van der Waals surface area contributed by atoms with Crippen LogP contribution in [0.25, 0.3) is 11.3 Å². The molecule has 2 saturated heterocycles. The van der Waals surface area contributed by atoms with Gasteiger partial charge in [0.25, 0.3) is 0 Å². The summed E-state index contributed by atoms with van der Waals surface area (Å²) in [6, 6.07) is 13.2. The van der Waals surface area contributed by atoms with Crippen LogP contribution in [0.1, 0.15) is 30.8 Å². The Kier molecular flexibility index (Phi) is 4.58. The lowest BCUT2D eigenvalue weighted by Crippen LogP contribution is -2.36. The van der Waals surface area contributed by atoms with Gasteiger partial charge in [-0.2, -0.15) is 0 Å². The molecule has 1 atom stereocenters. The molecule has 0 unspecified atom stereocenters. The Morgan fingerprint density at radius 2 is 1.88 bits per heavy atom. The standard InChI is InChI=1S/C20H26N4/c1-16-13-19(17-7-3-2-4-8-17)22-20(21-16)15-23-10-6-12-24-11-5-9-18(24)14-23/h2-4,7-8,13,18H,5-6,9-12,14-15H2,1H3/t18-/m0/s1. The molecule has 4 rings (SSSR count). The van der Waals surface area contributed by atoms with Crippen molar-refractivity contribution in [3.8, 4) is 11.3 Å². The SMILES string of the molecule is Cc1cc(-c2ccccc2)nc(CN2CCCN3CCC[C@H]3C2)n1. The summed E-state index contributed by atoms with van der Waals surface area (Å²) in [5.74, 6) is 0.959. The van der Waals surface area contributed by atoms with Crippen LogP contribution in [0.15, 0.2) is 36.4 Å². The Morgan fingerprint density at radius 1 is 1.04 bits per heavy atom. The van der Waals surface area contributed by atoms with E-state index >= 15 is 0 Å². The van der Waals surface area contributed by atoms with Crippen molar-refractivity contribution in [1.82, 2.24) is 19.8 Å². The van der Waals surface area contributed by atoms with Crippen LogP contribution in [0.5, 0.6) is 0 Å². The second kappa shape index (κ2) is 6.99. The summed E-state index contributed by atoms with van der Waals surface area (Å²) in [5.41, 5.74) is 3.26. The molecule has 0 amide bonds. The number of hydrogen-bond donors (Lipinski definition) is 0. The van der Waals surface area contributed by atoms with Gasteiger partial charge in [0.1, 0.15) is 5.82 Å². The number of fused-ring (bicyclic) bond motifs is 1. The third kappa shape index (κ3) is 3.50. The van der Waals surface area contributed by atoms with Crippen molar-refractivity contribution in [3.05, 3.63) is 47.9 Å². The zero-order chi connectivity index (χ0) is 16.4. The molecule has 0 spiro atoms. The third-order valence-electron chi connectivity index (χ3n) is 5.22. The van der Waals surface area contributed by atoms with E-state index in [1.54, 1.807) is 0 Å². The first-order valence-corrected chi connectivity index (χ1v) is 9.14. The van der Waals surface area contributed by atoms with Gasteiger partial charge in [-0.15, -0.1) is 0 Å². The van der Waals surface area contributed by atoms with Crippen molar-refractivity contribution in [2.75, 3.05) is 26.2 Å². The van der Waals surface area contributed by atoms with Gasteiger partial charge in [0, 0.05) is 23.8 Å². The first-order valence-electron chi connectivity index (χ1n) is 9.14. The molecule has 0 saturated carbocycles. The lowest BCUT2D eigenvalue weighted by atomic mass is 10.1. The molecule has 0 bridgehead atoms. The molecule has 2 aliphatic heterocycles. The second-order valence-corrected chi connectivity index (χ2v) is 7.10. The first-order chi connectivity index (χ1) is 11.8. The van der Waals surface area contributed by atoms with Crippen LogP contribution in [0, 0.1) is 6.92 Å². The largest absolute Gasteiger partial charge is 0.299 e. The first kappa shape index (κ1) is 15.7. The zero-order valence-corrected chi connectivity index (χ0v) is 14.5. The van der Waals surface area contributed by atoms with Gasteiger partial charge in [-0.25, -0.2) is 9.97 Å². The van der Waals surface area contributed by atoms with E-state index in [9.17, 15) is 0 Å². The summed E-state index contributed by atoms with van der Waals surface area (Å²) in [6.07, 6.45) is 3.96. The summed E-state index contributed by atoms with van der Waals surface area (Å²) in [7, 11) is 0.